The van der Waals surface area contributed by atoms with Gasteiger partial charge < -0.3 is 14.5 Å². The van der Waals surface area contributed by atoms with Crippen LogP contribution in [-0.2, 0) is 0 Å². The molecule has 4 heteroatoms. The molecule has 1 aromatic heterocycles. The Bertz CT molecular complexity index is 867. The van der Waals surface area contributed by atoms with Crippen LogP contribution < -0.4 is 10.1 Å². The molecule has 0 unspecified atom stereocenters. The zero-order chi connectivity index (χ0) is 17.8. The number of hydrogen-bond acceptors (Lipinski definition) is 3. The molecular weight excluding hydrogens is 314 g/mol. The van der Waals surface area contributed by atoms with Crippen LogP contribution in [0, 0.1) is 6.92 Å². The molecule has 1 heterocycles. The minimum absolute atomic E-state index is 0.186. The first-order chi connectivity index (χ1) is 12.1. The second kappa shape index (κ2) is 7.43. The second-order valence-corrected chi connectivity index (χ2v) is 6.17. The van der Waals surface area contributed by atoms with Crippen molar-refractivity contribution in [3.63, 3.8) is 0 Å². The summed E-state index contributed by atoms with van der Waals surface area (Å²) in [6, 6.07) is 15.8. The number of nitrogens with one attached hydrogen (secondary N) is 1. The van der Waals surface area contributed by atoms with Gasteiger partial charge in [-0.15, -0.1) is 0 Å². The highest BCUT2D eigenvalue weighted by molar-refractivity contribution is 5.99. The number of carbonyl (C=O) groups excluding carboxylic acids is 1. The van der Waals surface area contributed by atoms with Gasteiger partial charge in [0.2, 0.25) is 0 Å². The summed E-state index contributed by atoms with van der Waals surface area (Å²) in [5.41, 5.74) is 2.73. The molecule has 0 bridgehead atoms. The van der Waals surface area contributed by atoms with E-state index in [4.69, 9.17) is 9.15 Å². The van der Waals surface area contributed by atoms with Gasteiger partial charge in [0.15, 0.2) is 5.76 Å². The number of furan rings is 1. The topological polar surface area (TPSA) is 51.5 Å². The standard InChI is InChI=1S/C21H23NO3/c1-4-24-17-10-11-19-18(12-17)15(3)20(25-19)21(23)22-13-14(2)16-8-6-5-7-9-16/h5-12,14H,4,13H2,1-3H3,(H,22,23)/t14-/m0/s1. The molecule has 0 saturated carbocycles. The summed E-state index contributed by atoms with van der Waals surface area (Å²) >= 11 is 0. The van der Waals surface area contributed by atoms with Crippen LogP contribution in [0.1, 0.15) is 41.4 Å². The van der Waals surface area contributed by atoms with Crippen LogP contribution in [0.4, 0.5) is 0 Å². The minimum Gasteiger partial charge on any atom is -0.494 e. The average Bonchev–Trinajstić information content (AvgIpc) is 2.97. The molecule has 0 spiro atoms. The van der Waals surface area contributed by atoms with Crippen molar-refractivity contribution < 1.29 is 13.9 Å². The van der Waals surface area contributed by atoms with Crippen LogP contribution in [0.15, 0.2) is 52.9 Å². The maximum Gasteiger partial charge on any atom is 0.287 e. The van der Waals surface area contributed by atoms with E-state index in [1.54, 1.807) is 0 Å². The van der Waals surface area contributed by atoms with Crippen LogP contribution >= 0.6 is 0 Å². The summed E-state index contributed by atoms with van der Waals surface area (Å²) in [7, 11) is 0. The number of ether oxygens (including phenoxy) is 1. The Morgan fingerprint density at radius 2 is 1.96 bits per heavy atom. The largest absolute Gasteiger partial charge is 0.494 e. The predicted octanol–water partition coefficient (Wildman–Crippen LogP) is 4.67. The van der Waals surface area contributed by atoms with Crippen molar-refractivity contribution >= 4 is 16.9 Å². The SMILES string of the molecule is CCOc1ccc2oc(C(=O)NC[C@H](C)c3ccccc3)c(C)c2c1. The van der Waals surface area contributed by atoms with Gasteiger partial charge in [0.25, 0.3) is 5.91 Å². The molecular formula is C21H23NO3. The van der Waals surface area contributed by atoms with E-state index >= 15 is 0 Å². The maximum absolute atomic E-state index is 12.5. The van der Waals surface area contributed by atoms with Crippen molar-refractivity contribution in [3.05, 3.63) is 65.4 Å². The lowest BCUT2D eigenvalue weighted by atomic mass is 10.0. The van der Waals surface area contributed by atoms with E-state index in [1.165, 1.54) is 5.56 Å². The van der Waals surface area contributed by atoms with Gasteiger partial charge in [-0.05, 0) is 43.5 Å². The van der Waals surface area contributed by atoms with E-state index in [2.05, 4.69) is 24.4 Å². The normalized spacial score (nSPS) is 12.1. The molecule has 3 aromatic rings. The summed E-state index contributed by atoms with van der Waals surface area (Å²) in [5.74, 6) is 1.20. The smallest absolute Gasteiger partial charge is 0.287 e. The first kappa shape index (κ1) is 17.1. The van der Waals surface area contributed by atoms with Gasteiger partial charge >= 0.3 is 0 Å². The van der Waals surface area contributed by atoms with Crippen molar-refractivity contribution in [1.82, 2.24) is 5.32 Å². The van der Waals surface area contributed by atoms with E-state index in [1.807, 2.05) is 50.2 Å². The highest BCUT2D eigenvalue weighted by atomic mass is 16.5. The summed E-state index contributed by atoms with van der Waals surface area (Å²) in [5, 5.41) is 3.88. The molecule has 0 aliphatic rings. The van der Waals surface area contributed by atoms with Crippen LogP contribution in [-0.4, -0.2) is 19.1 Å². The average molecular weight is 337 g/mol. The van der Waals surface area contributed by atoms with Crippen molar-refractivity contribution in [2.75, 3.05) is 13.2 Å². The first-order valence-electron chi connectivity index (χ1n) is 8.59. The fraction of sp³-hybridized carbons (Fsp3) is 0.286. The Morgan fingerprint density at radius 3 is 2.68 bits per heavy atom. The molecule has 130 valence electrons. The molecule has 0 aliphatic heterocycles. The Balaban J connectivity index is 1.74. The summed E-state index contributed by atoms with van der Waals surface area (Å²) in [4.78, 5) is 12.5. The van der Waals surface area contributed by atoms with Gasteiger partial charge in [-0.3, -0.25) is 4.79 Å². The summed E-state index contributed by atoms with van der Waals surface area (Å²) < 4.78 is 11.3. The summed E-state index contributed by atoms with van der Waals surface area (Å²) in [6.07, 6.45) is 0. The number of aryl methyl sites for hydroxylation is 1. The third-order valence-corrected chi connectivity index (χ3v) is 4.36. The van der Waals surface area contributed by atoms with Crippen molar-refractivity contribution in [2.24, 2.45) is 0 Å². The van der Waals surface area contributed by atoms with Crippen molar-refractivity contribution in [2.45, 2.75) is 26.7 Å². The fourth-order valence-electron chi connectivity index (χ4n) is 2.90. The molecule has 3 rings (SSSR count). The third kappa shape index (κ3) is 3.68. The zero-order valence-electron chi connectivity index (χ0n) is 14.8. The fourth-order valence-corrected chi connectivity index (χ4v) is 2.90. The van der Waals surface area contributed by atoms with Crippen molar-refractivity contribution in [1.29, 1.82) is 0 Å². The number of hydrogen-bond donors (Lipinski definition) is 1. The first-order valence-corrected chi connectivity index (χ1v) is 8.59. The van der Waals surface area contributed by atoms with Gasteiger partial charge in [-0.25, -0.2) is 0 Å². The Hall–Kier alpha value is -2.75. The quantitative estimate of drug-likeness (QED) is 0.711. The van der Waals surface area contributed by atoms with E-state index in [0.717, 1.165) is 16.7 Å². The number of fused-ring (bicyclic) bond motifs is 1. The molecule has 1 amide bonds. The van der Waals surface area contributed by atoms with E-state index in [-0.39, 0.29) is 11.8 Å². The molecule has 25 heavy (non-hydrogen) atoms. The van der Waals surface area contributed by atoms with Crippen LogP contribution in [0.25, 0.3) is 11.0 Å². The number of carbonyl (C=O) groups is 1. The lowest BCUT2D eigenvalue weighted by Crippen LogP contribution is -2.27. The summed E-state index contributed by atoms with van der Waals surface area (Å²) in [6.45, 7) is 7.10. The van der Waals surface area contributed by atoms with Crippen LogP contribution in [0.5, 0.6) is 5.75 Å². The highest BCUT2D eigenvalue weighted by Gasteiger charge is 2.18. The molecule has 4 nitrogen and oxygen atoms in total. The zero-order valence-corrected chi connectivity index (χ0v) is 14.8. The Morgan fingerprint density at radius 1 is 1.20 bits per heavy atom. The number of benzene rings is 2. The van der Waals surface area contributed by atoms with Gasteiger partial charge in [-0.2, -0.15) is 0 Å². The minimum atomic E-state index is -0.186. The van der Waals surface area contributed by atoms with Gasteiger partial charge in [0.1, 0.15) is 11.3 Å². The molecule has 2 aromatic carbocycles. The monoisotopic (exact) mass is 337 g/mol. The van der Waals surface area contributed by atoms with E-state index in [9.17, 15) is 4.79 Å². The van der Waals surface area contributed by atoms with Crippen LogP contribution in [0.3, 0.4) is 0 Å². The number of amides is 1. The molecule has 1 N–H and O–H groups in total. The highest BCUT2D eigenvalue weighted by Crippen LogP contribution is 2.29. The lowest BCUT2D eigenvalue weighted by Gasteiger charge is -2.12. The lowest BCUT2D eigenvalue weighted by molar-refractivity contribution is 0.0925. The Labute approximate surface area is 147 Å². The molecule has 0 saturated heterocycles. The van der Waals surface area contributed by atoms with Crippen molar-refractivity contribution in [3.8, 4) is 5.75 Å². The van der Waals surface area contributed by atoms with Gasteiger partial charge in [0.05, 0.1) is 6.61 Å². The Kier molecular flexibility index (Phi) is 5.08. The number of rotatable bonds is 6. The molecule has 0 radical (unpaired) electrons. The predicted molar refractivity (Wildman–Crippen MR) is 99.3 cm³/mol. The van der Waals surface area contributed by atoms with Gasteiger partial charge in [-0.1, -0.05) is 37.3 Å². The van der Waals surface area contributed by atoms with E-state index < -0.39 is 0 Å². The second-order valence-electron chi connectivity index (χ2n) is 6.17. The molecule has 0 aliphatic carbocycles. The van der Waals surface area contributed by atoms with Gasteiger partial charge in [0, 0.05) is 17.5 Å². The third-order valence-electron chi connectivity index (χ3n) is 4.36. The van der Waals surface area contributed by atoms with E-state index in [0.29, 0.717) is 24.5 Å². The molecule has 0 fully saturated rings. The van der Waals surface area contributed by atoms with Crippen LogP contribution in [0.2, 0.25) is 0 Å². The maximum atomic E-state index is 12.5. The molecule has 1 atom stereocenters.